The predicted octanol–water partition coefficient (Wildman–Crippen LogP) is 4.36. The third kappa shape index (κ3) is 6.06. The van der Waals surface area contributed by atoms with Crippen molar-refractivity contribution in [2.45, 2.75) is 27.3 Å². The van der Waals surface area contributed by atoms with E-state index in [-0.39, 0.29) is 13.2 Å². The Kier molecular flexibility index (Phi) is 7.23. The van der Waals surface area contributed by atoms with Crippen molar-refractivity contribution in [3.05, 3.63) is 88.2 Å². The van der Waals surface area contributed by atoms with Crippen molar-refractivity contribution in [3.8, 4) is 11.8 Å². The average Bonchev–Trinajstić information content (AvgIpc) is 3.04. The van der Waals surface area contributed by atoms with Crippen LogP contribution in [0.1, 0.15) is 33.6 Å². The van der Waals surface area contributed by atoms with Gasteiger partial charge in [0.25, 0.3) is 0 Å². The van der Waals surface area contributed by atoms with E-state index in [1.165, 1.54) is 17.2 Å². The van der Waals surface area contributed by atoms with Crippen molar-refractivity contribution in [1.29, 1.82) is 5.26 Å². The van der Waals surface area contributed by atoms with Crippen LogP contribution in [0.15, 0.2) is 54.6 Å². The Morgan fingerprint density at radius 2 is 1.77 bits per heavy atom. The van der Waals surface area contributed by atoms with Gasteiger partial charge in [-0.3, -0.25) is 4.68 Å². The summed E-state index contributed by atoms with van der Waals surface area (Å²) in [7, 11) is 0. The molecule has 0 saturated heterocycles. The second-order valence-electron chi connectivity index (χ2n) is 7.21. The van der Waals surface area contributed by atoms with Crippen molar-refractivity contribution < 1.29 is 14.3 Å². The third-order valence-corrected chi connectivity index (χ3v) is 4.86. The fourth-order valence-electron chi connectivity index (χ4n) is 3.10. The van der Waals surface area contributed by atoms with E-state index < -0.39 is 5.97 Å². The minimum atomic E-state index is -0.437. The molecule has 0 fully saturated rings. The number of ether oxygens (including phenoxy) is 2. The van der Waals surface area contributed by atoms with E-state index in [9.17, 15) is 4.79 Å². The van der Waals surface area contributed by atoms with Crippen LogP contribution in [-0.4, -0.2) is 29.0 Å². The van der Waals surface area contributed by atoms with Crippen LogP contribution in [0.2, 0.25) is 0 Å². The molecule has 0 saturated carbocycles. The maximum Gasteiger partial charge on any atom is 0.330 e. The van der Waals surface area contributed by atoms with E-state index in [1.54, 1.807) is 30.3 Å². The van der Waals surface area contributed by atoms with Crippen LogP contribution in [0.25, 0.3) is 6.08 Å². The van der Waals surface area contributed by atoms with Gasteiger partial charge in [-0.15, -0.1) is 0 Å². The van der Waals surface area contributed by atoms with Crippen LogP contribution in [-0.2, 0) is 16.1 Å². The molecule has 1 heterocycles. The summed E-state index contributed by atoms with van der Waals surface area (Å²) < 4.78 is 12.6. The van der Waals surface area contributed by atoms with Crippen LogP contribution in [0.3, 0.4) is 0 Å². The fraction of sp³-hybridized carbons (Fsp3) is 0.240. The minimum absolute atomic E-state index is 0.133. The maximum absolute atomic E-state index is 12.0. The maximum atomic E-state index is 12.0. The van der Waals surface area contributed by atoms with E-state index in [4.69, 9.17) is 14.7 Å². The third-order valence-electron chi connectivity index (χ3n) is 4.86. The topological polar surface area (TPSA) is 77.1 Å². The van der Waals surface area contributed by atoms with Gasteiger partial charge in [0, 0.05) is 17.3 Å². The molecule has 2 aromatic carbocycles. The van der Waals surface area contributed by atoms with Crippen LogP contribution < -0.4 is 4.74 Å². The van der Waals surface area contributed by atoms with Crippen LogP contribution >= 0.6 is 0 Å². The van der Waals surface area contributed by atoms with Crippen LogP contribution in [0.4, 0.5) is 0 Å². The lowest BCUT2D eigenvalue weighted by Gasteiger charge is -2.06. The summed E-state index contributed by atoms with van der Waals surface area (Å²) in [4.78, 5) is 12.0. The van der Waals surface area contributed by atoms with E-state index >= 15 is 0 Å². The van der Waals surface area contributed by atoms with Crippen molar-refractivity contribution in [3.63, 3.8) is 0 Å². The van der Waals surface area contributed by atoms with Gasteiger partial charge < -0.3 is 9.47 Å². The zero-order valence-electron chi connectivity index (χ0n) is 18.0. The van der Waals surface area contributed by atoms with Crippen molar-refractivity contribution in [2.75, 3.05) is 13.2 Å². The van der Waals surface area contributed by atoms with Crippen LogP contribution in [0, 0.1) is 32.1 Å². The highest BCUT2D eigenvalue weighted by Crippen LogP contribution is 2.17. The molecule has 0 radical (unpaired) electrons. The molecule has 0 N–H and O–H groups in total. The van der Waals surface area contributed by atoms with Gasteiger partial charge in [0.05, 0.1) is 23.9 Å². The number of nitrogens with zero attached hydrogens (tertiary/aromatic N) is 3. The zero-order valence-corrected chi connectivity index (χ0v) is 18.0. The average molecular weight is 415 g/mol. The molecule has 0 aliphatic heterocycles. The molecule has 3 aromatic rings. The molecular weight excluding hydrogens is 390 g/mol. The highest BCUT2D eigenvalue weighted by atomic mass is 16.6. The molecule has 6 heteroatoms. The van der Waals surface area contributed by atoms with Crippen molar-refractivity contribution >= 4 is 12.0 Å². The molecule has 0 spiro atoms. The molecule has 31 heavy (non-hydrogen) atoms. The number of hydrogen-bond donors (Lipinski definition) is 0. The molecule has 0 aliphatic carbocycles. The first-order valence-corrected chi connectivity index (χ1v) is 10.0. The summed E-state index contributed by atoms with van der Waals surface area (Å²) >= 11 is 0. The fourth-order valence-corrected chi connectivity index (χ4v) is 3.10. The van der Waals surface area contributed by atoms with Gasteiger partial charge in [0.1, 0.15) is 19.0 Å². The first-order chi connectivity index (χ1) is 15.0. The smallest absolute Gasteiger partial charge is 0.330 e. The van der Waals surface area contributed by atoms with Gasteiger partial charge in [0.2, 0.25) is 0 Å². The van der Waals surface area contributed by atoms with Gasteiger partial charge in [-0.25, -0.2) is 4.79 Å². The van der Waals surface area contributed by atoms with Gasteiger partial charge in [-0.2, -0.15) is 10.4 Å². The van der Waals surface area contributed by atoms with Crippen molar-refractivity contribution in [2.24, 2.45) is 0 Å². The molecule has 0 unspecified atom stereocenters. The number of hydrogen-bond acceptors (Lipinski definition) is 5. The van der Waals surface area contributed by atoms with Gasteiger partial charge >= 0.3 is 5.97 Å². The summed E-state index contributed by atoms with van der Waals surface area (Å²) in [6, 6.07) is 17.2. The number of aromatic nitrogens is 2. The highest BCUT2D eigenvalue weighted by molar-refractivity contribution is 5.87. The molecule has 0 atom stereocenters. The SMILES string of the molecule is Cc1ccc(Cn2nc(C)c(/C=C\C(=O)OCCOc3ccc(C#N)cc3)c2C)cc1. The molecule has 1 aromatic heterocycles. The molecule has 6 nitrogen and oxygen atoms in total. The Labute approximate surface area is 182 Å². The molecular formula is C25H25N3O3. The minimum Gasteiger partial charge on any atom is -0.490 e. The summed E-state index contributed by atoms with van der Waals surface area (Å²) in [5.74, 6) is 0.186. The second-order valence-corrected chi connectivity index (χ2v) is 7.21. The molecule has 0 amide bonds. The summed E-state index contributed by atoms with van der Waals surface area (Å²) in [6.07, 6.45) is 3.15. The van der Waals surface area contributed by atoms with Gasteiger partial charge in [0.15, 0.2) is 0 Å². The lowest BCUT2D eigenvalue weighted by atomic mass is 10.1. The monoisotopic (exact) mass is 415 g/mol. The predicted molar refractivity (Wildman–Crippen MR) is 119 cm³/mol. The number of esters is 1. The Balaban J connectivity index is 1.51. The van der Waals surface area contributed by atoms with Gasteiger partial charge in [-0.1, -0.05) is 29.8 Å². The summed E-state index contributed by atoms with van der Waals surface area (Å²) in [5, 5.41) is 13.4. The standard InChI is InChI=1S/C25H25N3O3/c1-18-4-6-22(7-5-18)17-28-20(3)24(19(2)27-28)12-13-25(29)31-15-14-30-23-10-8-21(16-26)9-11-23/h4-13H,14-15,17H2,1-3H3/b13-12-. The Morgan fingerprint density at radius 3 is 2.45 bits per heavy atom. The molecule has 0 aliphatic rings. The quantitative estimate of drug-likeness (QED) is 0.310. The Morgan fingerprint density at radius 1 is 1.06 bits per heavy atom. The number of benzene rings is 2. The van der Waals surface area contributed by atoms with E-state index in [2.05, 4.69) is 36.3 Å². The first-order valence-electron chi connectivity index (χ1n) is 10.0. The number of nitriles is 1. The summed E-state index contributed by atoms with van der Waals surface area (Å²) in [5.41, 5.74) is 5.73. The molecule has 0 bridgehead atoms. The largest absolute Gasteiger partial charge is 0.490 e. The van der Waals surface area contributed by atoms with Crippen LogP contribution in [0.5, 0.6) is 5.75 Å². The Hall–Kier alpha value is -3.85. The number of carbonyl (C=O) groups is 1. The lowest BCUT2D eigenvalue weighted by Crippen LogP contribution is -2.10. The molecule has 3 rings (SSSR count). The molecule has 158 valence electrons. The number of aryl methyl sites for hydroxylation is 2. The number of carbonyl (C=O) groups excluding carboxylic acids is 1. The number of rotatable bonds is 8. The normalized spacial score (nSPS) is 10.8. The van der Waals surface area contributed by atoms with E-state index in [0.29, 0.717) is 17.9 Å². The Bertz CT molecular complexity index is 1100. The van der Waals surface area contributed by atoms with Crippen molar-refractivity contribution in [1.82, 2.24) is 9.78 Å². The van der Waals surface area contributed by atoms with Gasteiger partial charge in [-0.05, 0) is 56.7 Å². The van der Waals surface area contributed by atoms with E-state index in [1.807, 2.05) is 24.6 Å². The zero-order chi connectivity index (χ0) is 22.2. The first kappa shape index (κ1) is 21.8. The second kappa shape index (κ2) is 10.3. The summed E-state index contributed by atoms with van der Waals surface area (Å²) in [6.45, 7) is 7.03. The highest BCUT2D eigenvalue weighted by Gasteiger charge is 2.10. The van der Waals surface area contributed by atoms with E-state index in [0.717, 1.165) is 17.0 Å². The lowest BCUT2D eigenvalue weighted by molar-refractivity contribution is -0.138.